The summed E-state index contributed by atoms with van der Waals surface area (Å²) in [6.07, 6.45) is -1.40. The van der Waals surface area contributed by atoms with E-state index in [9.17, 15) is 19.1 Å². The molecule has 0 aliphatic rings. The molecule has 90 valence electrons. The highest BCUT2D eigenvalue weighted by Gasteiger charge is 2.23. The molecule has 0 bridgehead atoms. The molecule has 2 unspecified atom stereocenters. The smallest absolute Gasteiger partial charge is 0.189 e. The van der Waals surface area contributed by atoms with Gasteiger partial charge in [0, 0.05) is 5.75 Å². The Morgan fingerprint density at radius 3 is 2.47 bits per heavy atom. The van der Waals surface area contributed by atoms with Crippen LogP contribution in [-0.2, 0) is 13.9 Å². The first-order chi connectivity index (χ1) is 6.78. The largest absolute Gasteiger partial charge is 0.790 e. The zero-order valence-corrected chi connectivity index (χ0v) is 9.57. The first-order valence-corrected chi connectivity index (χ1v) is 6.67. The molecule has 7 nitrogen and oxygen atoms in total. The summed E-state index contributed by atoms with van der Waals surface area (Å²) in [6, 6.07) is 0. The first kappa shape index (κ1) is 15.0. The molecule has 0 radical (unpaired) electrons. The quantitative estimate of drug-likeness (QED) is 0.479. The second-order valence-corrected chi connectivity index (χ2v) is 4.72. The molecule has 0 rings (SSSR count). The molecular formula is C6H11O7PS-2. The highest BCUT2D eigenvalue weighted by molar-refractivity contribution is 7.98. The van der Waals surface area contributed by atoms with Gasteiger partial charge in [0.25, 0.3) is 0 Å². The van der Waals surface area contributed by atoms with Crippen molar-refractivity contribution in [1.29, 1.82) is 0 Å². The maximum Gasteiger partial charge on any atom is 0.189 e. The maximum atomic E-state index is 11.0. The molecule has 15 heavy (non-hydrogen) atoms. The minimum absolute atomic E-state index is 0.110. The number of carbonyl (C=O) groups is 1. The van der Waals surface area contributed by atoms with Crippen molar-refractivity contribution >= 4 is 25.4 Å². The van der Waals surface area contributed by atoms with E-state index in [0.29, 0.717) is 0 Å². The number of aliphatic hydroxyl groups excluding tert-OH is 2. The lowest BCUT2D eigenvalue weighted by Crippen LogP contribution is -2.38. The van der Waals surface area contributed by atoms with Crippen molar-refractivity contribution < 1.29 is 33.9 Å². The third-order valence-electron chi connectivity index (χ3n) is 1.40. The summed E-state index contributed by atoms with van der Waals surface area (Å²) in [4.78, 5) is 31.0. The Morgan fingerprint density at radius 2 is 2.07 bits per heavy atom. The Hall–Kier alpha value is 0.0500. The zero-order valence-electron chi connectivity index (χ0n) is 7.86. The van der Waals surface area contributed by atoms with E-state index < -0.39 is 32.4 Å². The summed E-state index contributed by atoms with van der Waals surface area (Å²) in [6.45, 7) is -1.06. The van der Waals surface area contributed by atoms with Crippen molar-refractivity contribution in [2.24, 2.45) is 0 Å². The van der Waals surface area contributed by atoms with Gasteiger partial charge in [-0.25, -0.2) is 0 Å². The van der Waals surface area contributed by atoms with Crippen molar-refractivity contribution in [1.82, 2.24) is 0 Å². The van der Waals surface area contributed by atoms with Crippen LogP contribution in [0.1, 0.15) is 0 Å². The van der Waals surface area contributed by atoms with Gasteiger partial charge in [0.1, 0.15) is 12.7 Å². The topological polar surface area (TPSA) is 130 Å². The Morgan fingerprint density at radius 1 is 1.53 bits per heavy atom. The van der Waals surface area contributed by atoms with Gasteiger partial charge >= 0.3 is 0 Å². The predicted molar refractivity (Wildman–Crippen MR) is 49.0 cm³/mol. The minimum atomic E-state index is -5.22. The van der Waals surface area contributed by atoms with E-state index in [1.807, 2.05) is 0 Å². The summed E-state index contributed by atoms with van der Waals surface area (Å²) in [5.41, 5.74) is 0. The summed E-state index contributed by atoms with van der Waals surface area (Å²) in [5.74, 6) is -0.942. The van der Waals surface area contributed by atoms with Crippen LogP contribution in [0, 0.1) is 0 Å². The Bertz CT molecular complexity index is 252. The van der Waals surface area contributed by atoms with Gasteiger partial charge in [-0.3, -0.25) is 4.79 Å². The van der Waals surface area contributed by atoms with Crippen molar-refractivity contribution in [2.75, 3.05) is 18.6 Å². The summed E-state index contributed by atoms with van der Waals surface area (Å²) in [7, 11) is -5.22. The molecule has 9 heteroatoms. The SMILES string of the molecule is CSCC(O)C(O)C(=O)COP(=O)([O-])[O-]. The highest BCUT2D eigenvalue weighted by atomic mass is 32.2. The number of phosphoric ester groups is 1. The third-order valence-corrected chi connectivity index (χ3v) is 2.52. The maximum absolute atomic E-state index is 11.0. The molecule has 2 N–H and O–H groups in total. The molecule has 0 aliphatic heterocycles. The molecule has 0 aromatic heterocycles. The van der Waals surface area contributed by atoms with Gasteiger partial charge in [0.15, 0.2) is 5.78 Å². The fourth-order valence-electron chi connectivity index (χ4n) is 0.705. The molecule has 0 amide bonds. The second-order valence-electron chi connectivity index (χ2n) is 2.65. The molecule has 0 aromatic rings. The van der Waals surface area contributed by atoms with Crippen LogP contribution in [0.2, 0.25) is 0 Å². The zero-order chi connectivity index (χ0) is 12.1. The minimum Gasteiger partial charge on any atom is -0.790 e. The van der Waals surface area contributed by atoms with Crippen LogP contribution >= 0.6 is 19.6 Å². The summed E-state index contributed by atoms with van der Waals surface area (Å²) >= 11 is 1.20. The fraction of sp³-hybridized carbons (Fsp3) is 0.833. The lowest BCUT2D eigenvalue weighted by molar-refractivity contribution is -0.341. The van der Waals surface area contributed by atoms with Gasteiger partial charge in [-0.05, 0) is 6.26 Å². The average molecular weight is 258 g/mol. The Kier molecular flexibility index (Phi) is 6.62. The van der Waals surface area contributed by atoms with Gasteiger partial charge in [-0.1, -0.05) is 0 Å². The number of rotatable bonds is 7. The van der Waals surface area contributed by atoms with Crippen molar-refractivity contribution in [3.63, 3.8) is 0 Å². The van der Waals surface area contributed by atoms with E-state index in [1.54, 1.807) is 6.26 Å². The van der Waals surface area contributed by atoms with Crippen LogP contribution in [0.15, 0.2) is 0 Å². The van der Waals surface area contributed by atoms with Crippen LogP contribution in [-0.4, -0.2) is 46.8 Å². The number of hydrogen-bond acceptors (Lipinski definition) is 8. The average Bonchev–Trinajstić information content (AvgIpc) is 2.12. The van der Waals surface area contributed by atoms with Crippen LogP contribution in [0.4, 0.5) is 0 Å². The lowest BCUT2D eigenvalue weighted by atomic mass is 10.1. The van der Waals surface area contributed by atoms with E-state index >= 15 is 0 Å². The van der Waals surface area contributed by atoms with Gasteiger partial charge in [-0.15, -0.1) is 0 Å². The molecule has 0 aliphatic carbocycles. The molecule has 2 atom stereocenters. The third kappa shape index (κ3) is 7.02. The van der Waals surface area contributed by atoms with Crippen LogP contribution in [0.25, 0.3) is 0 Å². The summed E-state index contributed by atoms with van der Waals surface area (Å²) in [5, 5.41) is 18.3. The van der Waals surface area contributed by atoms with E-state index in [4.69, 9.17) is 10.2 Å². The fourth-order valence-corrected chi connectivity index (χ4v) is 1.51. The van der Waals surface area contributed by atoms with E-state index in [2.05, 4.69) is 4.52 Å². The number of hydrogen-bond donors (Lipinski definition) is 2. The predicted octanol–water partition coefficient (Wildman–Crippen LogP) is -2.51. The summed E-state index contributed by atoms with van der Waals surface area (Å²) < 4.78 is 13.7. The van der Waals surface area contributed by atoms with E-state index in [1.165, 1.54) is 11.8 Å². The molecule has 0 aromatic carbocycles. The molecular weight excluding hydrogens is 247 g/mol. The normalized spacial score (nSPS) is 16.1. The number of Topliss-reactive ketones (excluding diaryl/α,β-unsaturated/α-hetero) is 1. The number of carbonyl (C=O) groups excluding carboxylic acids is 1. The van der Waals surface area contributed by atoms with E-state index in [0.717, 1.165) is 0 Å². The van der Waals surface area contributed by atoms with Gasteiger partial charge in [0.05, 0.1) is 13.9 Å². The molecule has 0 heterocycles. The monoisotopic (exact) mass is 258 g/mol. The second kappa shape index (κ2) is 6.59. The van der Waals surface area contributed by atoms with Crippen molar-refractivity contribution in [3.8, 4) is 0 Å². The van der Waals surface area contributed by atoms with E-state index in [-0.39, 0.29) is 5.75 Å². The lowest BCUT2D eigenvalue weighted by Gasteiger charge is -2.28. The van der Waals surface area contributed by atoms with Crippen molar-refractivity contribution in [3.05, 3.63) is 0 Å². The van der Waals surface area contributed by atoms with Crippen molar-refractivity contribution in [2.45, 2.75) is 12.2 Å². The molecule has 0 saturated carbocycles. The molecule has 0 fully saturated rings. The van der Waals surface area contributed by atoms with Gasteiger partial charge < -0.3 is 29.1 Å². The van der Waals surface area contributed by atoms with Gasteiger partial charge in [-0.2, -0.15) is 11.8 Å². The number of thioether (sulfide) groups is 1. The van der Waals surface area contributed by atoms with Crippen LogP contribution in [0.5, 0.6) is 0 Å². The molecule has 0 spiro atoms. The molecule has 0 saturated heterocycles. The number of phosphoric acid groups is 1. The number of aliphatic hydroxyl groups is 2. The number of ketones is 1. The highest BCUT2D eigenvalue weighted by Crippen LogP contribution is 2.24. The van der Waals surface area contributed by atoms with Gasteiger partial charge in [0.2, 0.25) is 0 Å². The van der Waals surface area contributed by atoms with Crippen LogP contribution in [0.3, 0.4) is 0 Å². The Balaban J connectivity index is 4.05. The Labute approximate surface area is 90.7 Å². The standard InChI is InChI=1S/C6H13O7PS/c1-15-3-5(8)6(9)4(7)2-13-14(10,11)12/h5-6,8-9H,2-3H2,1H3,(H2,10,11,12)/p-2. The first-order valence-electron chi connectivity index (χ1n) is 3.82. The van der Waals surface area contributed by atoms with Crippen LogP contribution < -0.4 is 9.79 Å².